The normalized spacial score (nSPS) is 9.89. The molecule has 1 heterocycles. The average Bonchev–Trinajstić information content (AvgIpc) is 2.45. The Kier molecular flexibility index (Phi) is 4.34. The van der Waals surface area contributed by atoms with Crippen LogP contribution < -0.4 is 10.1 Å². The first-order valence-electron chi connectivity index (χ1n) is 5.87. The fourth-order valence-electron chi connectivity index (χ4n) is 1.51. The van der Waals surface area contributed by atoms with Gasteiger partial charge in [-0.05, 0) is 36.4 Å². The van der Waals surface area contributed by atoms with Gasteiger partial charge in [-0.3, -0.25) is 0 Å². The first-order chi connectivity index (χ1) is 9.25. The van der Waals surface area contributed by atoms with Crippen LogP contribution >= 0.6 is 0 Å². The topological polar surface area (TPSA) is 71.5 Å². The number of carboxylic acid groups (broad SMARTS) is 1. The summed E-state index contributed by atoms with van der Waals surface area (Å²) in [6, 6.07) is 12.0. The van der Waals surface area contributed by atoms with Crippen molar-refractivity contribution < 1.29 is 14.6 Å². The molecule has 2 N–H and O–H groups in total. The highest BCUT2D eigenvalue weighted by molar-refractivity contribution is 5.87. The van der Waals surface area contributed by atoms with Crippen LogP contribution in [0.15, 0.2) is 48.7 Å². The number of aromatic nitrogens is 1. The zero-order valence-corrected chi connectivity index (χ0v) is 10.2. The molecule has 5 heteroatoms. The predicted octanol–water partition coefficient (Wildman–Crippen LogP) is 2.27. The molecule has 0 saturated carbocycles. The second-order valence-corrected chi connectivity index (χ2v) is 3.82. The number of carboxylic acids is 1. The molecule has 0 amide bonds. The number of nitrogens with zero attached hydrogens (tertiary/aromatic N) is 1. The summed E-state index contributed by atoms with van der Waals surface area (Å²) in [5, 5.41) is 11.9. The highest BCUT2D eigenvalue weighted by Gasteiger charge is 2.01. The largest absolute Gasteiger partial charge is 0.492 e. The van der Waals surface area contributed by atoms with Gasteiger partial charge in [0.15, 0.2) is 0 Å². The minimum Gasteiger partial charge on any atom is -0.492 e. The molecule has 0 saturated heterocycles. The van der Waals surface area contributed by atoms with Gasteiger partial charge in [-0.2, -0.15) is 0 Å². The van der Waals surface area contributed by atoms with Crippen molar-refractivity contribution in [2.24, 2.45) is 0 Å². The van der Waals surface area contributed by atoms with E-state index in [9.17, 15) is 4.79 Å². The van der Waals surface area contributed by atoms with Gasteiger partial charge in [0.25, 0.3) is 0 Å². The number of pyridine rings is 1. The van der Waals surface area contributed by atoms with Gasteiger partial charge < -0.3 is 15.2 Å². The van der Waals surface area contributed by atoms with E-state index in [1.165, 1.54) is 12.1 Å². The molecule has 0 bridgehead atoms. The van der Waals surface area contributed by atoms with Gasteiger partial charge in [-0.1, -0.05) is 6.07 Å². The standard InChI is InChI=1S/C14H14N2O3/c17-14(18)11-4-6-12(7-5-11)19-10-9-16-13-3-1-2-8-15-13/h1-8H,9-10H2,(H,15,16)(H,17,18). The van der Waals surface area contributed by atoms with E-state index in [1.807, 2.05) is 18.2 Å². The van der Waals surface area contributed by atoms with E-state index in [1.54, 1.807) is 18.3 Å². The Bertz CT molecular complexity index is 526. The molecule has 1 aromatic carbocycles. The van der Waals surface area contributed by atoms with Crippen molar-refractivity contribution >= 4 is 11.8 Å². The molecule has 1 aromatic heterocycles. The van der Waals surface area contributed by atoms with E-state index in [0.717, 1.165) is 5.82 Å². The van der Waals surface area contributed by atoms with Crippen molar-refractivity contribution in [3.8, 4) is 5.75 Å². The maximum Gasteiger partial charge on any atom is 0.335 e. The van der Waals surface area contributed by atoms with Gasteiger partial charge in [-0.15, -0.1) is 0 Å². The number of benzene rings is 1. The maximum absolute atomic E-state index is 10.7. The molecule has 98 valence electrons. The van der Waals surface area contributed by atoms with Crippen LogP contribution in [0, 0.1) is 0 Å². The molecule has 0 atom stereocenters. The number of hydrogen-bond acceptors (Lipinski definition) is 4. The van der Waals surface area contributed by atoms with Crippen LogP contribution in [-0.4, -0.2) is 29.2 Å². The fourth-order valence-corrected chi connectivity index (χ4v) is 1.51. The monoisotopic (exact) mass is 258 g/mol. The zero-order chi connectivity index (χ0) is 13.5. The highest BCUT2D eigenvalue weighted by atomic mass is 16.5. The molecule has 2 aromatic rings. The number of nitrogens with one attached hydrogen (secondary N) is 1. The first-order valence-corrected chi connectivity index (χ1v) is 5.87. The lowest BCUT2D eigenvalue weighted by Crippen LogP contribution is -2.12. The fraction of sp³-hybridized carbons (Fsp3) is 0.143. The van der Waals surface area contributed by atoms with E-state index in [2.05, 4.69) is 10.3 Å². The third-order valence-electron chi connectivity index (χ3n) is 2.44. The van der Waals surface area contributed by atoms with Gasteiger partial charge in [0.2, 0.25) is 0 Å². The van der Waals surface area contributed by atoms with Crippen molar-refractivity contribution in [1.82, 2.24) is 4.98 Å². The van der Waals surface area contributed by atoms with Gasteiger partial charge >= 0.3 is 5.97 Å². The third-order valence-corrected chi connectivity index (χ3v) is 2.44. The van der Waals surface area contributed by atoms with Crippen molar-refractivity contribution in [2.45, 2.75) is 0 Å². The molecule has 2 rings (SSSR count). The summed E-state index contributed by atoms with van der Waals surface area (Å²) in [5.74, 6) is 0.503. The van der Waals surface area contributed by atoms with E-state index < -0.39 is 5.97 Å². The lowest BCUT2D eigenvalue weighted by molar-refractivity contribution is 0.0697. The molecular weight excluding hydrogens is 244 g/mol. The quantitative estimate of drug-likeness (QED) is 0.778. The van der Waals surface area contributed by atoms with Crippen LogP contribution in [0.1, 0.15) is 10.4 Å². The van der Waals surface area contributed by atoms with Crippen molar-refractivity contribution in [3.05, 3.63) is 54.2 Å². The Balaban J connectivity index is 1.75. The molecule has 0 spiro atoms. The number of ether oxygens (including phenoxy) is 1. The Labute approximate surface area is 110 Å². The summed E-state index contributed by atoms with van der Waals surface area (Å²) in [7, 11) is 0. The van der Waals surface area contributed by atoms with Crippen LogP contribution in [0.5, 0.6) is 5.75 Å². The second kappa shape index (κ2) is 6.39. The van der Waals surface area contributed by atoms with Crippen molar-refractivity contribution in [2.75, 3.05) is 18.5 Å². The van der Waals surface area contributed by atoms with Crippen LogP contribution in [-0.2, 0) is 0 Å². The average molecular weight is 258 g/mol. The summed E-state index contributed by atoms with van der Waals surface area (Å²) in [6.07, 6.45) is 1.72. The number of hydrogen-bond donors (Lipinski definition) is 2. The van der Waals surface area contributed by atoms with Crippen LogP contribution in [0.25, 0.3) is 0 Å². The SMILES string of the molecule is O=C(O)c1ccc(OCCNc2ccccn2)cc1. The minimum absolute atomic E-state index is 0.249. The van der Waals surface area contributed by atoms with E-state index >= 15 is 0 Å². The zero-order valence-electron chi connectivity index (χ0n) is 10.2. The number of anilines is 1. The first kappa shape index (κ1) is 12.9. The van der Waals surface area contributed by atoms with Gasteiger partial charge in [0.05, 0.1) is 12.1 Å². The predicted molar refractivity (Wildman–Crippen MR) is 71.6 cm³/mol. The Morgan fingerprint density at radius 2 is 2.00 bits per heavy atom. The lowest BCUT2D eigenvalue weighted by atomic mass is 10.2. The van der Waals surface area contributed by atoms with Crippen LogP contribution in [0.2, 0.25) is 0 Å². The summed E-state index contributed by atoms with van der Waals surface area (Å²) in [6.45, 7) is 1.10. The van der Waals surface area contributed by atoms with Crippen molar-refractivity contribution in [3.63, 3.8) is 0 Å². The van der Waals surface area contributed by atoms with Crippen molar-refractivity contribution in [1.29, 1.82) is 0 Å². The summed E-state index contributed by atoms with van der Waals surface area (Å²) >= 11 is 0. The van der Waals surface area contributed by atoms with E-state index in [0.29, 0.717) is 18.9 Å². The van der Waals surface area contributed by atoms with Gasteiger partial charge in [0, 0.05) is 6.20 Å². The van der Waals surface area contributed by atoms with Crippen LogP contribution in [0.3, 0.4) is 0 Å². The molecular formula is C14H14N2O3. The summed E-state index contributed by atoms with van der Waals surface area (Å²) in [5.41, 5.74) is 0.249. The Morgan fingerprint density at radius 1 is 1.21 bits per heavy atom. The highest BCUT2D eigenvalue weighted by Crippen LogP contribution is 2.12. The third kappa shape index (κ3) is 3.99. The maximum atomic E-state index is 10.7. The van der Waals surface area contributed by atoms with Gasteiger partial charge in [-0.25, -0.2) is 9.78 Å². The van der Waals surface area contributed by atoms with Crippen LogP contribution in [0.4, 0.5) is 5.82 Å². The Morgan fingerprint density at radius 3 is 2.63 bits per heavy atom. The molecule has 0 fully saturated rings. The molecule has 5 nitrogen and oxygen atoms in total. The summed E-state index contributed by atoms with van der Waals surface area (Å²) in [4.78, 5) is 14.8. The Hall–Kier alpha value is -2.56. The van der Waals surface area contributed by atoms with E-state index in [4.69, 9.17) is 9.84 Å². The lowest BCUT2D eigenvalue weighted by Gasteiger charge is -2.08. The molecule has 0 aliphatic carbocycles. The molecule has 0 radical (unpaired) electrons. The number of carbonyl (C=O) groups is 1. The molecule has 0 unspecified atom stereocenters. The second-order valence-electron chi connectivity index (χ2n) is 3.82. The number of aromatic carboxylic acids is 1. The van der Waals surface area contributed by atoms with Gasteiger partial charge in [0.1, 0.15) is 18.2 Å². The summed E-state index contributed by atoms with van der Waals surface area (Å²) < 4.78 is 5.48. The molecule has 19 heavy (non-hydrogen) atoms. The minimum atomic E-state index is -0.941. The molecule has 0 aliphatic heterocycles. The molecule has 0 aliphatic rings. The van der Waals surface area contributed by atoms with E-state index in [-0.39, 0.29) is 5.56 Å². The smallest absolute Gasteiger partial charge is 0.335 e. The number of rotatable bonds is 6.